The van der Waals surface area contributed by atoms with Crippen molar-refractivity contribution in [2.24, 2.45) is 0 Å². The van der Waals surface area contributed by atoms with Gasteiger partial charge in [0.05, 0.1) is 6.10 Å². The van der Waals surface area contributed by atoms with Crippen molar-refractivity contribution in [3.63, 3.8) is 0 Å². The number of piperidine rings is 1. The quantitative estimate of drug-likeness (QED) is 0.874. The number of pyridine rings is 1. The van der Waals surface area contributed by atoms with Crippen LogP contribution in [0.1, 0.15) is 44.0 Å². The molecule has 0 aliphatic carbocycles. The highest BCUT2D eigenvalue weighted by atomic mass is 16.5. The van der Waals surface area contributed by atoms with Crippen LogP contribution in [0.2, 0.25) is 0 Å². The minimum absolute atomic E-state index is 0.325. The van der Waals surface area contributed by atoms with Gasteiger partial charge >= 0.3 is 0 Å². The predicted octanol–water partition coefficient (Wildman–Crippen LogP) is 2.81. The Morgan fingerprint density at radius 1 is 1.22 bits per heavy atom. The summed E-state index contributed by atoms with van der Waals surface area (Å²) in [6.45, 7) is 3.20. The molecule has 2 aliphatic rings. The number of hydrogen-bond donors (Lipinski definition) is 0. The van der Waals surface area contributed by atoms with Crippen molar-refractivity contribution in [1.29, 1.82) is 0 Å². The molecule has 1 unspecified atom stereocenters. The maximum Gasteiger partial charge on any atom is 0.160 e. The largest absolute Gasteiger partial charge is 0.378 e. The number of likely N-dealkylation sites (tertiary alicyclic amines) is 1. The smallest absolute Gasteiger partial charge is 0.160 e. The summed E-state index contributed by atoms with van der Waals surface area (Å²) in [5.41, 5.74) is 2.07. The second kappa shape index (κ2) is 6.57. The molecule has 2 fully saturated rings. The topological polar surface area (TPSA) is 43.2 Å². The SMILES string of the molecule is CN1CCC(n2c(CC3CCCCO3)nc3cccnc32)CC1. The second-order valence-electron chi connectivity index (χ2n) is 6.97. The lowest BCUT2D eigenvalue weighted by Gasteiger charge is -2.31. The molecule has 0 aromatic carbocycles. The Morgan fingerprint density at radius 3 is 2.87 bits per heavy atom. The van der Waals surface area contributed by atoms with E-state index in [2.05, 4.69) is 27.6 Å². The summed E-state index contributed by atoms with van der Waals surface area (Å²) in [5.74, 6) is 1.17. The molecule has 23 heavy (non-hydrogen) atoms. The van der Waals surface area contributed by atoms with Crippen LogP contribution in [0, 0.1) is 0 Å². The first-order valence-electron chi connectivity index (χ1n) is 8.93. The number of nitrogens with zero attached hydrogens (tertiary/aromatic N) is 4. The summed E-state index contributed by atoms with van der Waals surface area (Å²) in [4.78, 5) is 12.0. The third-order valence-corrected chi connectivity index (χ3v) is 5.26. The molecule has 0 saturated carbocycles. The van der Waals surface area contributed by atoms with E-state index in [1.807, 2.05) is 12.3 Å². The van der Waals surface area contributed by atoms with Crippen LogP contribution in [-0.4, -0.2) is 52.3 Å². The minimum Gasteiger partial charge on any atom is -0.378 e. The number of aromatic nitrogens is 3. The summed E-state index contributed by atoms with van der Waals surface area (Å²) in [5, 5.41) is 0. The summed E-state index contributed by atoms with van der Waals surface area (Å²) in [6.07, 6.45) is 9.11. The zero-order valence-corrected chi connectivity index (χ0v) is 13.9. The number of hydrogen-bond acceptors (Lipinski definition) is 4. The van der Waals surface area contributed by atoms with Gasteiger partial charge in [0, 0.05) is 25.3 Å². The molecule has 5 nitrogen and oxygen atoms in total. The first-order chi connectivity index (χ1) is 11.3. The first-order valence-corrected chi connectivity index (χ1v) is 8.93. The molecule has 0 bridgehead atoms. The Hall–Kier alpha value is -1.46. The van der Waals surface area contributed by atoms with Gasteiger partial charge in [-0.15, -0.1) is 0 Å². The Labute approximate surface area is 137 Å². The highest BCUT2D eigenvalue weighted by Crippen LogP contribution is 2.29. The number of ether oxygens (including phenoxy) is 1. The maximum atomic E-state index is 5.96. The minimum atomic E-state index is 0.325. The Kier molecular flexibility index (Phi) is 4.31. The van der Waals surface area contributed by atoms with Crippen LogP contribution in [-0.2, 0) is 11.2 Å². The van der Waals surface area contributed by atoms with Crippen LogP contribution in [0.4, 0.5) is 0 Å². The summed E-state index contributed by atoms with van der Waals surface area (Å²) in [7, 11) is 2.21. The Morgan fingerprint density at radius 2 is 2.09 bits per heavy atom. The third kappa shape index (κ3) is 3.12. The lowest BCUT2D eigenvalue weighted by molar-refractivity contribution is 0.0149. The van der Waals surface area contributed by atoms with E-state index in [9.17, 15) is 0 Å². The average molecular weight is 314 g/mol. The lowest BCUT2D eigenvalue weighted by atomic mass is 10.0. The van der Waals surface area contributed by atoms with Crippen molar-refractivity contribution >= 4 is 11.2 Å². The molecule has 4 rings (SSSR count). The summed E-state index contributed by atoms with van der Waals surface area (Å²) in [6, 6.07) is 4.58. The molecule has 2 aromatic heterocycles. The molecule has 0 radical (unpaired) electrons. The molecule has 5 heteroatoms. The van der Waals surface area contributed by atoms with E-state index in [-0.39, 0.29) is 0 Å². The molecular formula is C18H26N4O. The van der Waals surface area contributed by atoms with Crippen molar-refractivity contribution in [3.8, 4) is 0 Å². The Bertz CT molecular complexity index is 654. The van der Waals surface area contributed by atoms with Gasteiger partial charge in [0.1, 0.15) is 11.3 Å². The molecule has 2 saturated heterocycles. The fourth-order valence-electron chi connectivity index (χ4n) is 3.93. The van der Waals surface area contributed by atoms with Crippen molar-refractivity contribution in [2.45, 2.75) is 50.7 Å². The van der Waals surface area contributed by atoms with Crippen LogP contribution < -0.4 is 0 Å². The zero-order valence-electron chi connectivity index (χ0n) is 13.9. The van der Waals surface area contributed by atoms with Gasteiger partial charge in [0.15, 0.2) is 5.65 Å². The van der Waals surface area contributed by atoms with E-state index in [4.69, 9.17) is 9.72 Å². The fourth-order valence-corrected chi connectivity index (χ4v) is 3.93. The van der Waals surface area contributed by atoms with Crippen molar-refractivity contribution in [2.75, 3.05) is 26.7 Å². The maximum absolute atomic E-state index is 5.96. The van der Waals surface area contributed by atoms with E-state index < -0.39 is 0 Å². The van der Waals surface area contributed by atoms with Gasteiger partial charge < -0.3 is 14.2 Å². The van der Waals surface area contributed by atoms with Crippen molar-refractivity contribution in [3.05, 3.63) is 24.2 Å². The lowest BCUT2D eigenvalue weighted by Crippen LogP contribution is -2.32. The monoisotopic (exact) mass is 314 g/mol. The van der Waals surface area contributed by atoms with E-state index in [0.717, 1.165) is 43.7 Å². The van der Waals surface area contributed by atoms with Gasteiger partial charge in [0.2, 0.25) is 0 Å². The Balaban J connectivity index is 1.66. The summed E-state index contributed by atoms with van der Waals surface area (Å²) >= 11 is 0. The van der Waals surface area contributed by atoms with Crippen LogP contribution in [0.5, 0.6) is 0 Å². The standard InChI is InChI=1S/C18H26N4O/c1-21-10-7-14(8-11-21)22-17(13-15-5-2-3-12-23-15)20-16-6-4-9-19-18(16)22/h4,6,9,14-15H,2-3,5,7-8,10-13H2,1H3. The van der Waals surface area contributed by atoms with Gasteiger partial charge in [-0.05, 0) is 64.4 Å². The highest BCUT2D eigenvalue weighted by molar-refractivity contribution is 5.71. The van der Waals surface area contributed by atoms with E-state index >= 15 is 0 Å². The molecule has 4 heterocycles. The average Bonchev–Trinajstić information content (AvgIpc) is 2.94. The predicted molar refractivity (Wildman–Crippen MR) is 90.6 cm³/mol. The van der Waals surface area contributed by atoms with Gasteiger partial charge in [-0.2, -0.15) is 0 Å². The third-order valence-electron chi connectivity index (χ3n) is 5.26. The number of rotatable bonds is 3. The van der Waals surface area contributed by atoms with Crippen molar-refractivity contribution in [1.82, 2.24) is 19.4 Å². The van der Waals surface area contributed by atoms with Gasteiger partial charge in [-0.25, -0.2) is 9.97 Å². The molecule has 0 N–H and O–H groups in total. The van der Waals surface area contributed by atoms with Crippen LogP contribution in [0.25, 0.3) is 11.2 Å². The van der Waals surface area contributed by atoms with E-state index in [1.54, 1.807) is 0 Å². The number of fused-ring (bicyclic) bond motifs is 1. The second-order valence-corrected chi connectivity index (χ2v) is 6.97. The molecule has 124 valence electrons. The van der Waals surface area contributed by atoms with Crippen LogP contribution >= 0.6 is 0 Å². The van der Waals surface area contributed by atoms with E-state index in [1.165, 1.54) is 31.5 Å². The molecule has 1 atom stereocenters. The molecule has 2 aliphatic heterocycles. The van der Waals surface area contributed by atoms with Crippen LogP contribution in [0.3, 0.4) is 0 Å². The molecule has 2 aromatic rings. The summed E-state index contributed by atoms with van der Waals surface area (Å²) < 4.78 is 8.37. The molecular weight excluding hydrogens is 288 g/mol. The molecule has 0 spiro atoms. The van der Waals surface area contributed by atoms with Gasteiger partial charge in [-0.1, -0.05) is 0 Å². The normalized spacial score (nSPS) is 24.3. The van der Waals surface area contributed by atoms with Gasteiger partial charge in [-0.3, -0.25) is 0 Å². The first kappa shape index (κ1) is 15.1. The fraction of sp³-hybridized carbons (Fsp3) is 0.667. The molecule has 0 amide bonds. The van der Waals surface area contributed by atoms with E-state index in [0.29, 0.717) is 12.1 Å². The van der Waals surface area contributed by atoms with Gasteiger partial charge in [0.25, 0.3) is 0 Å². The van der Waals surface area contributed by atoms with Crippen molar-refractivity contribution < 1.29 is 4.74 Å². The van der Waals surface area contributed by atoms with Crippen LogP contribution in [0.15, 0.2) is 18.3 Å². The number of imidazole rings is 1. The highest BCUT2D eigenvalue weighted by Gasteiger charge is 2.26. The zero-order chi connectivity index (χ0) is 15.6.